The molecule has 0 aliphatic carbocycles. The van der Waals surface area contributed by atoms with Gasteiger partial charge < -0.3 is 9.63 Å². The lowest BCUT2D eigenvalue weighted by atomic mass is 10.1. The smallest absolute Gasteiger partial charge is 0.241 e. The third-order valence-electron chi connectivity index (χ3n) is 3.63. The predicted molar refractivity (Wildman–Crippen MR) is 69.4 cm³/mol. The van der Waals surface area contributed by atoms with E-state index in [9.17, 15) is 0 Å². The molecule has 8 heteroatoms. The molecule has 0 bridgehead atoms. The summed E-state index contributed by atoms with van der Waals surface area (Å²) in [5, 5.41) is 19.3. The van der Waals surface area contributed by atoms with Crippen molar-refractivity contribution in [2.75, 3.05) is 13.2 Å². The van der Waals surface area contributed by atoms with Crippen LogP contribution in [0.2, 0.25) is 0 Å². The summed E-state index contributed by atoms with van der Waals surface area (Å²) in [5.41, 5.74) is 0. The maximum Gasteiger partial charge on any atom is 0.241 e. The topological polar surface area (TPSA) is 104 Å². The summed E-state index contributed by atoms with van der Waals surface area (Å²) in [6, 6.07) is 0.503. The van der Waals surface area contributed by atoms with Crippen LogP contribution >= 0.6 is 0 Å². The molecule has 2 N–H and O–H groups in total. The minimum absolute atomic E-state index is 0.251. The molecule has 108 valence electrons. The zero-order chi connectivity index (χ0) is 13.8. The molecule has 0 saturated carbocycles. The summed E-state index contributed by atoms with van der Waals surface area (Å²) in [5.74, 6) is 1.54. The summed E-state index contributed by atoms with van der Waals surface area (Å²) in [4.78, 5) is 10.7. The van der Waals surface area contributed by atoms with Crippen molar-refractivity contribution in [3.05, 3.63) is 12.2 Å². The zero-order valence-corrected chi connectivity index (χ0v) is 11.2. The van der Waals surface area contributed by atoms with Gasteiger partial charge in [0.05, 0.1) is 6.54 Å². The fourth-order valence-corrected chi connectivity index (χ4v) is 2.66. The molecule has 0 spiro atoms. The summed E-state index contributed by atoms with van der Waals surface area (Å²) in [6.07, 6.45) is 5.62. The van der Waals surface area contributed by atoms with Crippen molar-refractivity contribution in [3.8, 4) is 11.6 Å². The molecule has 1 aliphatic heterocycles. The Morgan fingerprint density at radius 2 is 2.45 bits per heavy atom. The Labute approximate surface area is 116 Å². The van der Waals surface area contributed by atoms with Gasteiger partial charge in [-0.05, 0) is 32.2 Å². The molecular formula is C12H18N6O2. The Bertz CT molecular complexity index is 526. The number of nitrogens with one attached hydrogen (secondary N) is 1. The number of aliphatic hydroxyl groups is 1. The fraction of sp³-hybridized carbons (Fsp3) is 0.667. The predicted octanol–water partition coefficient (Wildman–Crippen LogP) is 0.592. The first-order valence-corrected chi connectivity index (χ1v) is 6.90. The first-order valence-electron chi connectivity index (χ1n) is 6.90. The van der Waals surface area contributed by atoms with Crippen molar-refractivity contribution < 1.29 is 9.63 Å². The largest absolute Gasteiger partial charge is 0.396 e. The Hall–Kier alpha value is -1.80. The van der Waals surface area contributed by atoms with Gasteiger partial charge in [0.15, 0.2) is 5.82 Å². The van der Waals surface area contributed by atoms with Gasteiger partial charge in [0.2, 0.25) is 11.7 Å². The molecule has 1 saturated heterocycles. The number of H-pyrrole nitrogens is 1. The molecule has 3 rings (SSSR count). The van der Waals surface area contributed by atoms with Crippen LogP contribution in [-0.4, -0.2) is 54.5 Å². The van der Waals surface area contributed by atoms with E-state index in [0.29, 0.717) is 30.1 Å². The van der Waals surface area contributed by atoms with E-state index in [1.807, 2.05) is 0 Å². The molecule has 0 amide bonds. The second-order valence-electron chi connectivity index (χ2n) is 4.98. The molecule has 3 heterocycles. The third kappa shape index (κ3) is 2.86. The molecule has 1 atom stereocenters. The van der Waals surface area contributed by atoms with Gasteiger partial charge in [-0.3, -0.25) is 10.00 Å². The maximum atomic E-state index is 8.94. The number of hydrogen-bond donors (Lipinski definition) is 2. The van der Waals surface area contributed by atoms with Crippen molar-refractivity contribution in [1.82, 2.24) is 30.2 Å². The Morgan fingerprint density at radius 3 is 3.25 bits per heavy atom. The number of aromatic nitrogens is 5. The molecule has 2 aromatic rings. The van der Waals surface area contributed by atoms with Gasteiger partial charge >= 0.3 is 0 Å². The van der Waals surface area contributed by atoms with E-state index in [4.69, 9.17) is 9.63 Å². The Balaban J connectivity index is 1.62. The molecule has 1 fully saturated rings. The van der Waals surface area contributed by atoms with E-state index in [1.54, 1.807) is 0 Å². The van der Waals surface area contributed by atoms with Gasteiger partial charge in [0, 0.05) is 12.6 Å². The first-order chi connectivity index (χ1) is 9.86. The highest BCUT2D eigenvalue weighted by Crippen LogP contribution is 2.23. The summed E-state index contributed by atoms with van der Waals surface area (Å²) >= 11 is 0. The third-order valence-corrected chi connectivity index (χ3v) is 3.63. The van der Waals surface area contributed by atoms with E-state index < -0.39 is 0 Å². The lowest BCUT2D eigenvalue weighted by molar-refractivity contribution is 0.188. The highest BCUT2D eigenvalue weighted by molar-refractivity contribution is 5.39. The van der Waals surface area contributed by atoms with Crippen LogP contribution in [0.5, 0.6) is 0 Å². The minimum atomic E-state index is 0.251. The summed E-state index contributed by atoms with van der Waals surface area (Å²) in [7, 11) is 0. The molecule has 0 radical (unpaired) electrons. The number of aliphatic hydroxyl groups excluding tert-OH is 1. The minimum Gasteiger partial charge on any atom is -0.396 e. The number of rotatable bonds is 6. The summed E-state index contributed by atoms with van der Waals surface area (Å²) in [6.45, 7) is 1.94. The van der Waals surface area contributed by atoms with Crippen LogP contribution in [-0.2, 0) is 6.54 Å². The second-order valence-corrected chi connectivity index (χ2v) is 4.98. The Kier molecular flexibility index (Phi) is 4.03. The number of likely N-dealkylation sites (tertiary alicyclic amines) is 1. The molecule has 1 unspecified atom stereocenters. The number of hydrogen-bond acceptors (Lipinski definition) is 7. The zero-order valence-electron chi connectivity index (χ0n) is 11.2. The lowest BCUT2D eigenvalue weighted by Gasteiger charge is -2.22. The number of nitrogens with zero attached hydrogens (tertiary/aromatic N) is 5. The van der Waals surface area contributed by atoms with Crippen molar-refractivity contribution in [3.63, 3.8) is 0 Å². The van der Waals surface area contributed by atoms with Crippen molar-refractivity contribution >= 4 is 0 Å². The molecule has 2 aromatic heterocycles. The van der Waals surface area contributed by atoms with Gasteiger partial charge in [-0.25, -0.2) is 4.98 Å². The van der Waals surface area contributed by atoms with Gasteiger partial charge in [0.1, 0.15) is 6.33 Å². The van der Waals surface area contributed by atoms with Gasteiger partial charge in [-0.2, -0.15) is 10.1 Å². The van der Waals surface area contributed by atoms with Crippen LogP contribution in [0, 0.1) is 0 Å². The van der Waals surface area contributed by atoms with Crippen molar-refractivity contribution in [1.29, 1.82) is 0 Å². The Morgan fingerprint density at radius 1 is 1.50 bits per heavy atom. The molecule has 8 nitrogen and oxygen atoms in total. The lowest BCUT2D eigenvalue weighted by Crippen LogP contribution is -2.29. The molecule has 20 heavy (non-hydrogen) atoms. The van der Waals surface area contributed by atoms with E-state index in [2.05, 4.69) is 30.2 Å². The fourth-order valence-electron chi connectivity index (χ4n) is 2.66. The normalized spacial score (nSPS) is 19.8. The highest BCUT2D eigenvalue weighted by atomic mass is 16.5. The van der Waals surface area contributed by atoms with Crippen LogP contribution < -0.4 is 0 Å². The highest BCUT2D eigenvalue weighted by Gasteiger charge is 2.25. The SMILES string of the molecule is OCCCC1CCCN1Cc1nc(-c2ncn[nH]2)no1. The van der Waals surface area contributed by atoms with Crippen LogP contribution in [0.1, 0.15) is 31.6 Å². The van der Waals surface area contributed by atoms with Gasteiger partial charge in [-0.1, -0.05) is 5.16 Å². The van der Waals surface area contributed by atoms with E-state index in [-0.39, 0.29) is 6.61 Å². The number of aromatic amines is 1. The van der Waals surface area contributed by atoms with E-state index >= 15 is 0 Å². The first kappa shape index (κ1) is 13.2. The standard InChI is InChI=1S/C12H18N6O2/c19-6-2-4-9-3-1-5-18(9)7-10-15-12(17-20-10)11-13-8-14-16-11/h8-9,19H,1-7H2,(H,13,14,16). The van der Waals surface area contributed by atoms with E-state index in [0.717, 1.165) is 19.4 Å². The monoisotopic (exact) mass is 278 g/mol. The van der Waals surface area contributed by atoms with Crippen LogP contribution in [0.15, 0.2) is 10.9 Å². The van der Waals surface area contributed by atoms with Gasteiger partial charge in [0.25, 0.3) is 0 Å². The van der Waals surface area contributed by atoms with Crippen molar-refractivity contribution in [2.24, 2.45) is 0 Å². The second kappa shape index (κ2) is 6.10. The van der Waals surface area contributed by atoms with Crippen molar-refractivity contribution in [2.45, 2.75) is 38.3 Å². The summed E-state index contributed by atoms with van der Waals surface area (Å²) < 4.78 is 5.26. The molecular weight excluding hydrogens is 260 g/mol. The molecule has 1 aliphatic rings. The average molecular weight is 278 g/mol. The van der Waals surface area contributed by atoms with Crippen LogP contribution in [0.25, 0.3) is 11.6 Å². The quantitative estimate of drug-likeness (QED) is 0.797. The maximum absolute atomic E-state index is 8.94. The molecule has 0 aromatic carbocycles. The van der Waals surface area contributed by atoms with Crippen LogP contribution in [0.4, 0.5) is 0 Å². The van der Waals surface area contributed by atoms with Gasteiger partial charge in [-0.15, -0.1) is 0 Å². The van der Waals surface area contributed by atoms with Crippen LogP contribution in [0.3, 0.4) is 0 Å². The van der Waals surface area contributed by atoms with E-state index in [1.165, 1.54) is 19.2 Å². The average Bonchev–Trinajstić information content (AvgIpc) is 3.18.